The molecule has 2 rings (SSSR count). The number of hydrogen-bond donors (Lipinski definition) is 3. The minimum absolute atomic E-state index is 0.285. The van der Waals surface area contributed by atoms with Crippen molar-refractivity contribution in [1.29, 1.82) is 0 Å². The van der Waals surface area contributed by atoms with Gasteiger partial charge in [-0.25, -0.2) is 0 Å². The fourth-order valence-electron chi connectivity index (χ4n) is 1.61. The Balaban J connectivity index is 2.28. The van der Waals surface area contributed by atoms with Crippen molar-refractivity contribution < 1.29 is 9.90 Å². The van der Waals surface area contributed by atoms with Gasteiger partial charge in [0, 0.05) is 22.8 Å². The van der Waals surface area contributed by atoms with Gasteiger partial charge in [0.1, 0.15) is 6.61 Å². The summed E-state index contributed by atoms with van der Waals surface area (Å²) in [5, 5.41) is 11.9. The van der Waals surface area contributed by atoms with Crippen molar-refractivity contribution >= 4 is 23.2 Å². The van der Waals surface area contributed by atoms with Crippen LogP contribution in [-0.2, 0) is 0 Å². The third-order valence-corrected chi connectivity index (χ3v) is 2.81. The SMILES string of the molecule is O=C(Nc1ccc(Cl)cc1C#CCO)c1ccc(=O)[nH]c1. The van der Waals surface area contributed by atoms with Crippen LogP contribution < -0.4 is 10.9 Å². The standard InChI is InChI=1S/C15H11ClN2O3/c16-12-4-5-13(10(8-12)2-1-7-19)18-15(21)11-3-6-14(20)17-9-11/h3-6,8-9,19H,7H2,(H,17,20)(H,18,21). The number of H-pyrrole nitrogens is 1. The van der Waals surface area contributed by atoms with E-state index in [9.17, 15) is 9.59 Å². The van der Waals surface area contributed by atoms with Crippen LogP contribution in [0.25, 0.3) is 0 Å². The molecule has 0 fully saturated rings. The van der Waals surface area contributed by atoms with Crippen molar-refractivity contribution in [3.63, 3.8) is 0 Å². The van der Waals surface area contributed by atoms with E-state index in [4.69, 9.17) is 16.7 Å². The number of halogens is 1. The normalized spacial score (nSPS) is 9.62. The molecule has 1 aromatic heterocycles. The van der Waals surface area contributed by atoms with Crippen molar-refractivity contribution in [2.45, 2.75) is 0 Å². The van der Waals surface area contributed by atoms with Crippen LogP contribution in [0.15, 0.2) is 41.3 Å². The van der Waals surface area contributed by atoms with Crippen LogP contribution >= 0.6 is 11.6 Å². The number of aromatic amines is 1. The lowest BCUT2D eigenvalue weighted by Gasteiger charge is -2.08. The van der Waals surface area contributed by atoms with Gasteiger partial charge in [-0.3, -0.25) is 9.59 Å². The number of benzene rings is 1. The molecule has 1 heterocycles. The highest BCUT2D eigenvalue weighted by Crippen LogP contribution is 2.20. The molecule has 0 aliphatic rings. The summed E-state index contributed by atoms with van der Waals surface area (Å²) in [5.74, 6) is 4.83. The first-order valence-electron chi connectivity index (χ1n) is 5.99. The number of amides is 1. The number of carbonyl (C=O) groups excluding carboxylic acids is 1. The lowest BCUT2D eigenvalue weighted by Crippen LogP contribution is -2.15. The van der Waals surface area contributed by atoms with E-state index in [-0.39, 0.29) is 18.1 Å². The Morgan fingerprint density at radius 1 is 1.33 bits per heavy atom. The Kier molecular flexibility index (Phi) is 4.77. The van der Waals surface area contributed by atoms with E-state index >= 15 is 0 Å². The Labute approximate surface area is 125 Å². The molecule has 0 unspecified atom stereocenters. The zero-order chi connectivity index (χ0) is 15.2. The summed E-state index contributed by atoms with van der Waals surface area (Å²) in [5.41, 5.74) is 0.990. The predicted molar refractivity (Wildman–Crippen MR) is 80.4 cm³/mol. The predicted octanol–water partition coefficient (Wildman–Crippen LogP) is 1.62. The molecule has 1 aromatic carbocycles. The summed E-state index contributed by atoms with van der Waals surface area (Å²) in [6, 6.07) is 7.51. The molecule has 5 nitrogen and oxygen atoms in total. The number of aliphatic hydroxyl groups excluding tert-OH is 1. The van der Waals surface area contributed by atoms with Gasteiger partial charge in [-0.2, -0.15) is 0 Å². The van der Waals surface area contributed by atoms with Gasteiger partial charge in [0.05, 0.1) is 11.3 Å². The van der Waals surface area contributed by atoms with Crippen LogP contribution in [0.3, 0.4) is 0 Å². The monoisotopic (exact) mass is 302 g/mol. The summed E-state index contributed by atoms with van der Waals surface area (Å²) < 4.78 is 0. The summed E-state index contributed by atoms with van der Waals surface area (Å²) in [4.78, 5) is 25.5. The van der Waals surface area contributed by atoms with E-state index < -0.39 is 0 Å². The second-order valence-corrected chi connectivity index (χ2v) is 4.48. The maximum absolute atomic E-state index is 12.1. The van der Waals surface area contributed by atoms with Gasteiger partial charge in [0.15, 0.2) is 0 Å². The Morgan fingerprint density at radius 2 is 2.14 bits per heavy atom. The second kappa shape index (κ2) is 6.75. The molecule has 0 atom stereocenters. The van der Waals surface area contributed by atoms with Crippen molar-refractivity contribution in [1.82, 2.24) is 4.98 Å². The Hall–Kier alpha value is -2.55. The highest BCUT2D eigenvalue weighted by molar-refractivity contribution is 6.30. The number of pyridine rings is 1. The minimum atomic E-state index is -0.388. The van der Waals surface area contributed by atoms with Crippen LogP contribution in [0.5, 0.6) is 0 Å². The van der Waals surface area contributed by atoms with Crippen LogP contribution in [0, 0.1) is 11.8 Å². The van der Waals surface area contributed by atoms with Gasteiger partial charge >= 0.3 is 0 Å². The van der Waals surface area contributed by atoms with E-state index in [0.717, 1.165) is 0 Å². The molecule has 0 saturated carbocycles. The topological polar surface area (TPSA) is 82.2 Å². The summed E-state index contributed by atoms with van der Waals surface area (Å²) in [7, 11) is 0. The zero-order valence-electron chi connectivity index (χ0n) is 10.8. The molecule has 0 aliphatic carbocycles. The Bertz CT molecular complexity index is 767. The molecule has 106 valence electrons. The lowest BCUT2D eigenvalue weighted by molar-refractivity contribution is 0.102. The van der Waals surface area contributed by atoms with Crippen LogP contribution in [0.1, 0.15) is 15.9 Å². The van der Waals surface area contributed by atoms with Crippen molar-refractivity contribution in [2.24, 2.45) is 0 Å². The number of nitrogens with one attached hydrogen (secondary N) is 2. The first kappa shape index (κ1) is 14.9. The fraction of sp³-hybridized carbons (Fsp3) is 0.0667. The smallest absolute Gasteiger partial charge is 0.257 e. The Morgan fingerprint density at radius 3 is 2.81 bits per heavy atom. The van der Waals surface area contributed by atoms with E-state index in [2.05, 4.69) is 22.1 Å². The third-order valence-electron chi connectivity index (χ3n) is 2.58. The molecule has 0 aliphatic heterocycles. The number of rotatable bonds is 2. The van der Waals surface area contributed by atoms with E-state index in [1.807, 2.05) is 0 Å². The van der Waals surface area contributed by atoms with E-state index in [0.29, 0.717) is 21.8 Å². The molecule has 0 radical (unpaired) electrons. The number of aliphatic hydroxyl groups is 1. The summed E-state index contributed by atoms with van der Waals surface area (Å²) >= 11 is 5.88. The fourth-order valence-corrected chi connectivity index (χ4v) is 1.78. The molecule has 21 heavy (non-hydrogen) atoms. The lowest BCUT2D eigenvalue weighted by atomic mass is 10.1. The summed E-state index contributed by atoms with van der Waals surface area (Å²) in [6.45, 7) is -0.292. The maximum atomic E-state index is 12.1. The average Bonchev–Trinajstić information content (AvgIpc) is 2.48. The van der Waals surface area contributed by atoms with E-state index in [1.54, 1.807) is 18.2 Å². The number of aromatic nitrogens is 1. The zero-order valence-corrected chi connectivity index (χ0v) is 11.6. The maximum Gasteiger partial charge on any atom is 0.257 e. The van der Waals surface area contributed by atoms with Gasteiger partial charge in [-0.1, -0.05) is 23.4 Å². The van der Waals surface area contributed by atoms with Crippen molar-refractivity contribution in [3.8, 4) is 11.8 Å². The average molecular weight is 303 g/mol. The highest BCUT2D eigenvalue weighted by atomic mass is 35.5. The summed E-state index contributed by atoms with van der Waals surface area (Å²) in [6.07, 6.45) is 1.33. The largest absolute Gasteiger partial charge is 0.384 e. The molecular formula is C15H11ClN2O3. The number of anilines is 1. The van der Waals surface area contributed by atoms with E-state index in [1.165, 1.54) is 18.3 Å². The first-order valence-corrected chi connectivity index (χ1v) is 6.37. The molecule has 6 heteroatoms. The van der Waals surface area contributed by atoms with Crippen molar-refractivity contribution in [2.75, 3.05) is 11.9 Å². The van der Waals surface area contributed by atoms with Crippen molar-refractivity contribution in [3.05, 3.63) is 63.0 Å². The number of carbonyl (C=O) groups is 1. The molecule has 0 saturated heterocycles. The van der Waals surface area contributed by atoms with Gasteiger partial charge in [-0.05, 0) is 24.3 Å². The van der Waals surface area contributed by atoms with Gasteiger partial charge in [0.25, 0.3) is 5.91 Å². The molecule has 0 spiro atoms. The third kappa shape index (κ3) is 3.96. The van der Waals surface area contributed by atoms with Gasteiger partial charge < -0.3 is 15.4 Å². The minimum Gasteiger partial charge on any atom is -0.384 e. The van der Waals surface area contributed by atoms with Gasteiger partial charge in [0.2, 0.25) is 5.56 Å². The molecule has 1 amide bonds. The molecular weight excluding hydrogens is 292 g/mol. The van der Waals surface area contributed by atoms with Crippen LogP contribution in [0.4, 0.5) is 5.69 Å². The van der Waals surface area contributed by atoms with Crippen LogP contribution in [0.2, 0.25) is 5.02 Å². The number of hydrogen-bond acceptors (Lipinski definition) is 3. The molecule has 2 aromatic rings. The van der Waals surface area contributed by atoms with Gasteiger partial charge in [-0.15, -0.1) is 0 Å². The first-order chi connectivity index (χ1) is 10.1. The quantitative estimate of drug-likeness (QED) is 0.737. The highest BCUT2D eigenvalue weighted by Gasteiger charge is 2.09. The molecule has 0 bridgehead atoms. The van der Waals surface area contributed by atoms with Crippen LogP contribution in [-0.4, -0.2) is 22.6 Å². The second-order valence-electron chi connectivity index (χ2n) is 4.05. The molecule has 3 N–H and O–H groups in total.